The monoisotopic (exact) mass is 335 g/mol. The highest BCUT2D eigenvalue weighted by molar-refractivity contribution is 5.78. The maximum atomic E-state index is 11.7. The number of fused-ring (bicyclic) bond motifs is 1. The van der Waals surface area contributed by atoms with E-state index in [2.05, 4.69) is 15.3 Å². The Morgan fingerprint density at radius 2 is 1.84 bits per heavy atom. The number of amides is 1. The largest absolute Gasteiger partial charge is 0.484 e. The van der Waals surface area contributed by atoms with Crippen LogP contribution in [0.3, 0.4) is 0 Å². The van der Waals surface area contributed by atoms with E-state index in [0.717, 1.165) is 28.7 Å². The number of carbonyl (C=O) groups is 1. The number of carbonyl (C=O) groups excluding carboxylic acids is 1. The Morgan fingerprint density at radius 1 is 1.12 bits per heavy atom. The van der Waals surface area contributed by atoms with Crippen LogP contribution in [-0.4, -0.2) is 28.5 Å². The lowest BCUT2D eigenvalue weighted by molar-refractivity contribution is -0.123. The highest BCUT2D eigenvalue weighted by Gasteiger charge is 2.07. The van der Waals surface area contributed by atoms with E-state index in [1.807, 2.05) is 62.4 Å². The molecule has 5 heteroatoms. The summed E-state index contributed by atoms with van der Waals surface area (Å²) >= 11 is 0. The predicted octanol–water partition coefficient (Wildman–Crippen LogP) is 3.59. The molecule has 1 aromatic heterocycles. The van der Waals surface area contributed by atoms with E-state index < -0.39 is 0 Å². The van der Waals surface area contributed by atoms with E-state index >= 15 is 0 Å². The van der Waals surface area contributed by atoms with E-state index in [4.69, 9.17) is 4.74 Å². The number of ether oxygens (including phenoxy) is 1. The molecule has 0 bridgehead atoms. The van der Waals surface area contributed by atoms with Gasteiger partial charge in [-0.05, 0) is 49.7 Å². The highest BCUT2D eigenvalue weighted by atomic mass is 16.5. The third-order valence-electron chi connectivity index (χ3n) is 3.99. The summed E-state index contributed by atoms with van der Waals surface area (Å²) in [5, 5.41) is 2.87. The molecular weight excluding hydrogens is 314 g/mol. The summed E-state index contributed by atoms with van der Waals surface area (Å²) in [7, 11) is 0. The smallest absolute Gasteiger partial charge is 0.258 e. The number of nitrogens with one attached hydrogen (secondary N) is 1. The molecule has 0 unspecified atom stereocenters. The Bertz CT molecular complexity index is 862. The van der Waals surface area contributed by atoms with Crippen molar-refractivity contribution in [2.75, 3.05) is 6.61 Å². The average Bonchev–Trinajstić information content (AvgIpc) is 2.66. The first-order valence-electron chi connectivity index (χ1n) is 8.40. The Labute approximate surface area is 147 Å². The lowest BCUT2D eigenvalue weighted by Crippen LogP contribution is -2.35. The summed E-state index contributed by atoms with van der Waals surface area (Å²) in [4.78, 5) is 20.8. The minimum absolute atomic E-state index is 0.0134. The Kier molecular flexibility index (Phi) is 5.23. The quantitative estimate of drug-likeness (QED) is 0.748. The minimum Gasteiger partial charge on any atom is -0.484 e. The van der Waals surface area contributed by atoms with Gasteiger partial charge < -0.3 is 10.1 Å². The van der Waals surface area contributed by atoms with Gasteiger partial charge >= 0.3 is 0 Å². The topological polar surface area (TPSA) is 64.1 Å². The fourth-order valence-electron chi connectivity index (χ4n) is 2.39. The first-order chi connectivity index (χ1) is 12.2. The average molecular weight is 335 g/mol. The summed E-state index contributed by atoms with van der Waals surface area (Å²) in [6.45, 7) is 4.01. The molecule has 1 heterocycles. The fourth-order valence-corrected chi connectivity index (χ4v) is 2.39. The third-order valence-corrected chi connectivity index (χ3v) is 3.99. The molecule has 2 aromatic carbocycles. The zero-order valence-corrected chi connectivity index (χ0v) is 14.4. The maximum Gasteiger partial charge on any atom is 0.258 e. The number of benzene rings is 2. The van der Waals surface area contributed by atoms with Gasteiger partial charge in [0.2, 0.25) is 0 Å². The molecule has 0 saturated heterocycles. The minimum atomic E-state index is -0.112. The summed E-state index contributed by atoms with van der Waals surface area (Å²) in [5.41, 5.74) is 3.50. The molecule has 0 fully saturated rings. The predicted molar refractivity (Wildman–Crippen MR) is 98.4 cm³/mol. The SMILES string of the molecule is CC[C@@H](C)NC(=O)COc1ccc(-c2cnc3ccccc3n2)cc1. The van der Waals surface area contributed by atoms with Crippen molar-refractivity contribution in [3.8, 4) is 17.0 Å². The number of para-hydroxylation sites is 2. The standard InChI is InChI=1S/C20H21N3O2/c1-3-14(2)22-20(24)13-25-16-10-8-15(9-11-16)19-12-21-17-6-4-5-7-18(17)23-19/h4-12,14H,3,13H2,1-2H3,(H,22,24)/t14-/m1/s1. The number of rotatable bonds is 6. The fraction of sp³-hybridized carbons (Fsp3) is 0.250. The van der Waals surface area contributed by atoms with Crippen LogP contribution in [0.2, 0.25) is 0 Å². The van der Waals surface area contributed by atoms with Crippen molar-refractivity contribution < 1.29 is 9.53 Å². The van der Waals surface area contributed by atoms with Crippen LogP contribution < -0.4 is 10.1 Å². The molecule has 0 aliphatic heterocycles. The van der Waals surface area contributed by atoms with Crippen molar-refractivity contribution in [2.24, 2.45) is 0 Å². The van der Waals surface area contributed by atoms with Gasteiger partial charge in [0.1, 0.15) is 5.75 Å². The molecule has 3 aromatic rings. The molecule has 25 heavy (non-hydrogen) atoms. The Hall–Kier alpha value is -2.95. The number of hydrogen-bond donors (Lipinski definition) is 1. The summed E-state index contributed by atoms with van der Waals surface area (Å²) < 4.78 is 5.53. The summed E-state index contributed by atoms with van der Waals surface area (Å²) in [6.07, 6.45) is 2.66. The van der Waals surface area contributed by atoms with Gasteiger partial charge in [-0.15, -0.1) is 0 Å². The van der Waals surface area contributed by atoms with Crippen LogP contribution >= 0.6 is 0 Å². The van der Waals surface area contributed by atoms with E-state index in [9.17, 15) is 4.79 Å². The van der Waals surface area contributed by atoms with Gasteiger partial charge in [-0.2, -0.15) is 0 Å². The van der Waals surface area contributed by atoms with Crippen LogP contribution in [0, 0.1) is 0 Å². The van der Waals surface area contributed by atoms with E-state index in [1.54, 1.807) is 6.20 Å². The van der Waals surface area contributed by atoms with Gasteiger partial charge in [-0.1, -0.05) is 19.1 Å². The zero-order valence-electron chi connectivity index (χ0n) is 14.4. The zero-order chi connectivity index (χ0) is 17.6. The van der Waals surface area contributed by atoms with Gasteiger partial charge in [0, 0.05) is 11.6 Å². The third kappa shape index (κ3) is 4.32. The van der Waals surface area contributed by atoms with Crippen LogP contribution in [-0.2, 0) is 4.79 Å². The van der Waals surface area contributed by atoms with Crippen LogP contribution in [0.25, 0.3) is 22.3 Å². The van der Waals surface area contributed by atoms with Crippen molar-refractivity contribution in [1.82, 2.24) is 15.3 Å². The van der Waals surface area contributed by atoms with E-state index in [-0.39, 0.29) is 18.6 Å². The second-order valence-electron chi connectivity index (χ2n) is 5.93. The van der Waals surface area contributed by atoms with Crippen molar-refractivity contribution in [3.63, 3.8) is 0 Å². The lowest BCUT2D eigenvalue weighted by atomic mass is 10.1. The summed E-state index contributed by atoms with van der Waals surface area (Å²) in [6, 6.07) is 15.4. The number of hydrogen-bond acceptors (Lipinski definition) is 4. The van der Waals surface area contributed by atoms with Crippen molar-refractivity contribution in [3.05, 3.63) is 54.7 Å². The molecule has 128 valence electrons. The molecule has 0 radical (unpaired) electrons. The second-order valence-corrected chi connectivity index (χ2v) is 5.93. The Balaban J connectivity index is 1.66. The molecule has 1 amide bonds. The van der Waals surface area contributed by atoms with Crippen molar-refractivity contribution >= 4 is 16.9 Å². The Morgan fingerprint density at radius 3 is 2.56 bits per heavy atom. The van der Waals surface area contributed by atoms with Gasteiger partial charge in [0.05, 0.1) is 22.9 Å². The van der Waals surface area contributed by atoms with Gasteiger partial charge in [-0.3, -0.25) is 9.78 Å². The summed E-state index contributed by atoms with van der Waals surface area (Å²) in [5.74, 6) is 0.538. The second kappa shape index (κ2) is 7.75. The van der Waals surface area contributed by atoms with Crippen molar-refractivity contribution in [1.29, 1.82) is 0 Å². The molecule has 1 atom stereocenters. The van der Waals surface area contributed by atoms with Crippen LogP contribution in [0.15, 0.2) is 54.7 Å². The normalized spacial score (nSPS) is 11.9. The van der Waals surface area contributed by atoms with Gasteiger partial charge in [0.25, 0.3) is 5.91 Å². The molecule has 0 spiro atoms. The number of nitrogens with zero attached hydrogens (tertiary/aromatic N) is 2. The molecular formula is C20H21N3O2. The van der Waals surface area contributed by atoms with Crippen molar-refractivity contribution in [2.45, 2.75) is 26.3 Å². The van der Waals surface area contributed by atoms with E-state index in [0.29, 0.717) is 5.75 Å². The molecule has 3 rings (SSSR count). The van der Waals surface area contributed by atoms with Crippen LogP contribution in [0.4, 0.5) is 0 Å². The molecule has 5 nitrogen and oxygen atoms in total. The molecule has 0 aliphatic rings. The van der Waals surface area contributed by atoms with Crippen LogP contribution in [0.1, 0.15) is 20.3 Å². The van der Waals surface area contributed by atoms with Gasteiger partial charge in [0.15, 0.2) is 6.61 Å². The van der Waals surface area contributed by atoms with Gasteiger partial charge in [-0.25, -0.2) is 4.98 Å². The highest BCUT2D eigenvalue weighted by Crippen LogP contribution is 2.22. The lowest BCUT2D eigenvalue weighted by Gasteiger charge is -2.12. The maximum absolute atomic E-state index is 11.7. The van der Waals surface area contributed by atoms with E-state index in [1.165, 1.54) is 0 Å². The molecule has 0 aliphatic carbocycles. The first-order valence-corrected chi connectivity index (χ1v) is 8.40. The first kappa shape index (κ1) is 16.9. The molecule has 1 N–H and O–H groups in total. The molecule has 0 saturated carbocycles. The number of aromatic nitrogens is 2. The van der Waals surface area contributed by atoms with Crippen LogP contribution in [0.5, 0.6) is 5.75 Å².